The second-order valence-electron chi connectivity index (χ2n) is 8.07. The number of nitrogens with one attached hydrogen (secondary N) is 2. The van der Waals surface area contributed by atoms with Crippen molar-refractivity contribution in [2.24, 2.45) is 0 Å². The van der Waals surface area contributed by atoms with Crippen LogP contribution in [0.25, 0.3) is 17.1 Å². The van der Waals surface area contributed by atoms with Crippen LogP contribution in [0.5, 0.6) is 0 Å². The van der Waals surface area contributed by atoms with E-state index in [0.717, 1.165) is 22.4 Å². The Balaban J connectivity index is 1.65. The first kappa shape index (κ1) is 20.6. The number of alkyl halides is 2. The number of H-pyrrole nitrogens is 1. The lowest BCUT2D eigenvalue weighted by Gasteiger charge is -2.32. The van der Waals surface area contributed by atoms with E-state index in [0.29, 0.717) is 22.0 Å². The van der Waals surface area contributed by atoms with Crippen molar-refractivity contribution in [3.63, 3.8) is 0 Å². The first-order valence-corrected chi connectivity index (χ1v) is 10.8. The number of hydrogen-bond acceptors (Lipinski definition) is 4. The molecule has 0 bridgehead atoms. The van der Waals surface area contributed by atoms with Crippen LogP contribution < -0.4 is 5.32 Å². The molecule has 2 N–H and O–H groups in total. The van der Waals surface area contributed by atoms with Gasteiger partial charge < -0.3 is 5.32 Å². The molecule has 164 valence electrons. The second-order valence-corrected chi connectivity index (χ2v) is 8.46. The highest BCUT2D eigenvalue weighted by Gasteiger charge is 2.36. The number of nitrogens with zero attached hydrogens (tertiary/aromatic N) is 4. The molecule has 5 rings (SSSR count). The summed E-state index contributed by atoms with van der Waals surface area (Å²) in [7, 11) is 0. The lowest BCUT2D eigenvalue weighted by atomic mass is 9.97. The molecule has 0 spiro atoms. The lowest BCUT2D eigenvalue weighted by molar-refractivity contribution is 0.0659. The number of aromatic nitrogens is 5. The molecule has 1 aliphatic heterocycles. The molecule has 3 heterocycles. The average Bonchev–Trinajstić information content (AvgIpc) is 3.37. The van der Waals surface area contributed by atoms with Crippen molar-refractivity contribution >= 4 is 18.0 Å². The van der Waals surface area contributed by atoms with Crippen molar-refractivity contribution in [3.05, 3.63) is 76.2 Å². The van der Waals surface area contributed by atoms with E-state index in [-0.39, 0.29) is 12.5 Å². The van der Waals surface area contributed by atoms with Crippen LogP contribution in [0.4, 0.5) is 14.6 Å². The van der Waals surface area contributed by atoms with Crippen LogP contribution in [0.1, 0.15) is 35.2 Å². The molecule has 0 radical (unpaired) electrons. The topological polar surface area (TPSA) is 63.5 Å². The predicted octanol–water partition coefficient (Wildman–Crippen LogP) is 5.77. The molecule has 32 heavy (non-hydrogen) atoms. The summed E-state index contributed by atoms with van der Waals surface area (Å²) < 4.78 is 31.6. The number of halogens is 2. The Bertz CT molecular complexity index is 1320. The monoisotopic (exact) mass is 452 g/mol. The van der Waals surface area contributed by atoms with Gasteiger partial charge in [0.25, 0.3) is 6.43 Å². The smallest absolute Gasteiger partial charge is 0.260 e. The summed E-state index contributed by atoms with van der Waals surface area (Å²) in [6.45, 7) is 4.03. The van der Waals surface area contributed by atoms with E-state index in [1.54, 1.807) is 6.20 Å². The first-order chi connectivity index (χ1) is 15.4. The van der Waals surface area contributed by atoms with Crippen LogP contribution in [0, 0.1) is 18.6 Å². The average molecular weight is 453 g/mol. The van der Waals surface area contributed by atoms with Crippen LogP contribution >= 0.6 is 12.2 Å². The quantitative estimate of drug-likeness (QED) is 0.386. The van der Waals surface area contributed by atoms with Crippen LogP contribution in [0.15, 0.2) is 54.7 Å². The molecule has 2 unspecified atom stereocenters. The highest BCUT2D eigenvalue weighted by molar-refractivity contribution is 7.71. The lowest BCUT2D eigenvalue weighted by Crippen LogP contribution is -2.31. The van der Waals surface area contributed by atoms with Crippen molar-refractivity contribution in [2.45, 2.75) is 38.8 Å². The Morgan fingerprint density at radius 2 is 1.91 bits per heavy atom. The van der Waals surface area contributed by atoms with Gasteiger partial charge in [-0.2, -0.15) is 10.2 Å². The van der Waals surface area contributed by atoms with E-state index in [2.05, 4.69) is 26.7 Å². The van der Waals surface area contributed by atoms with E-state index >= 15 is 0 Å². The van der Waals surface area contributed by atoms with Gasteiger partial charge in [0.15, 0.2) is 10.6 Å². The Hall–Kier alpha value is -3.33. The number of anilines is 1. The van der Waals surface area contributed by atoms with Crippen LogP contribution in [0.2, 0.25) is 0 Å². The Kier molecular flexibility index (Phi) is 5.13. The largest absolute Gasteiger partial charge is 0.363 e. The van der Waals surface area contributed by atoms with Crippen molar-refractivity contribution in [3.8, 4) is 17.1 Å². The van der Waals surface area contributed by atoms with E-state index in [4.69, 9.17) is 12.2 Å². The molecule has 2 atom stereocenters. The summed E-state index contributed by atoms with van der Waals surface area (Å²) in [4.78, 5) is 0. The fourth-order valence-corrected chi connectivity index (χ4v) is 4.59. The molecule has 2 aromatic heterocycles. The molecular weight excluding hydrogens is 430 g/mol. The van der Waals surface area contributed by atoms with Crippen LogP contribution in [-0.4, -0.2) is 31.0 Å². The molecule has 1 aliphatic rings. The molecule has 6 nitrogen and oxygen atoms in total. The van der Waals surface area contributed by atoms with E-state index < -0.39 is 12.5 Å². The third-order valence-corrected chi connectivity index (χ3v) is 6.17. The van der Waals surface area contributed by atoms with Gasteiger partial charge in [0.1, 0.15) is 11.9 Å². The van der Waals surface area contributed by atoms with Crippen molar-refractivity contribution < 1.29 is 8.78 Å². The fourth-order valence-electron chi connectivity index (χ4n) is 4.36. The van der Waals surface area contributed by atoms with Gasteiger partial charge in [-0.05, 0) is 49.7 Å². The molecule has 0 saturated heterocycles. The first-order valence-electron chi connectivity index (χ1n) is 10.4. The van der Waals surface area contributed by atoms with Gasteiger partial charge in [-0.1, -0.05) is 48.0 Å². The number of aryl methyl sites for hydroxylation is 2. The summed E-state index contributed by atoms with van der Waals surface area (Å²) in [6, 6.07) is 14.4. The van der Waals surface area contributed by atoms with Gasteiger partial charge in [0.2, 0.25) is 0 Å². The second kappa shape index (κ2) is 7.98. The summed E-state index contributed by atoms with van der Waals surface area (Å²) >= 11 is 5.52. The maximum atomic E-state index is 14.0. The fraction of sp³-hybridized carbons (Fsp3) is 0.261. The molecule has 0 amide bonds. The number of rotatable bonds is 4. The third kappa shape index (κ3) is 3.42. The Morgan fingerprint density at radius 3 is 2.62 bits per heavy atom. The molecule has 0 fully saturated rings. The summed E-state index contributed by atoms with van der Waals surface area (Å²) in [5.41, 5.74) is 4.61. The highest BCUT2D eigenvalue weighted by atomic mass is 32.1. The van der Waals surface area contributed by atoms with Crippen LogP contribution in [-0.2, 0) is 0 Å². The number of benzene rings is 2. The maximum absolute atomic E-state index is 14.0. The van der Waals surface area contributed by atoms with E-state index in [1.807, 2.05) is 60.9 Å². The van der Waals surface area contributed by atoms with E-state index in [1.165, 1.54) is 4.68 Å². The number of aromatic amines is 1. The van der Waals surface area contributed by atoms with Crippen LogP contribution in [0.3, 0.4) is 0 Å². The van der Waals surface area contributed by atoms with Gasteiger partial charge in [-0.15, -0.1) is 0 Å². The molecule has 9 heteroatoms. The van der Waals surface area contributed by atoms with Gasteiger partial charge in [-0.25, -0.2) is 13.5 Å². The molecule has 4 aromatic rings. The van der Waals surface area contributed by atoms with Crippen molar-refractivity contribution in [1.29, 1.82) is 0 Å². The third-order valence-electron chi connectivity index (χ3n) is 5.90. The maximum Gasteiger partial charge on any atom is 0.260 e. The standard InChI is InChI=1S/C23H22F2N6S/c1-13-8-9-18(14(2)10-13)30-22(28-29-23(30)32)16-12-26-31-19(20(24)25)11-17(27-21(16)31)15-6-4-3-5-7-15/h3-10,12,17,19-20,27H,11H2,1-2H3,(H,29,32). The minimum absolute atomic E-state index is 0.236. The molecular formula is C23H22F2N6S. The van der Waals surface area contributed by atoms with Gasteiger partial charge >= 0.3 is 0 Å². The predicted molar refractivity (Wildman–Crippen MR) is 122 cm³/mol. The van der Waals surface area contributed by atoms with Crippen molar-refractivity contribution in [1.82, 2.24) is 24.5 Å². The number of fused-ring (bicyclic) bond motifs is 1. The Morgan fingerprint density at radius 1 is 1.12 bits per heavy atom. The minimum atomic E-state index is -2.55. The van der Waals surface area contributed by atoms with Gasteiger partial charge in [0, 0.05) is 0 Å². The van der Waals surface area contributed by atoms with E-state index in [9.17, 15) is 8.78 Å². The SMILES string of the molecule is Cc1ccc(-n2c(-c3cnn4c3NC(c3ccccc3)CC4C(F)F)n[nH]c2=S)c(C)c1. The number of hydrogen-bond donors (Lipinski definition) is 2. The van der Waals surface area contributed by atoms with Crippen molar-refractivity contribution in [2.75, 3.05) is 5.32 Å². The zero-order valence-corrected chi connectivity index (χ0v) is 18.4. The summed E-state index contributed by atoms with van der Waals surface area (Å²) in [6.07, 6.45) is -0.731. The summed E-state index contributed by atoms with van der Waals surface area (Å²) in [5.74, 6) is 1.04. The minimum Gasteiger partial charge on any atom is -0.363 e. The molecule has 0 aliphatic carbocycles. The van der Waals surface area contributed by atoms with Gasteiger partial charge in [-0.3, -0.25) is 9.67 Å². The molecule has 0 saturated carbocycles. The summed E-state index contributed by atoms with van der Waals surface area (Å²) in [5, 5.41) is 15.0. The molecule has 2 aromatic carbocycles. The Labute approximate surface area is 188 Å². The zero-order chi connectivity index (χ0) is 22.4. The zero-order valence-electron chi connectivity index (χ0n) is 17.6. The van der Waals surface area contributed by atoms with Gasteiger partial charge in [0.05, 0.1) is 23.5 Å². The highest BCUT2D eigenvalue weighted by Crippen LogP contribution is 2.42. The normalized spacial score (nSPS) is 17.9.